The summed E-state index contributed by atoms with van der Waals surface area (Å²) in [5.41, 5.74) is 0.901. The maximum Gasteiger partial charge on any atom is 0.408 e. The molecule has 0 unspecified atom stereocenters. The lowest BCUT2D eigenvalue weighted by molar-refractivity contribution is -0.122. The van der Waals surface area contributed by atoms with Crippen molar-refractivity contribution in [2.24, 2.45) is 0 Å². The quantitative estimate of drug-likeness (QED) is 0.831. The van der Waals surface area contributed by atoms with Crippen LogP contribution in [0.4, 0.5) is 4.79 Å². The number of rotatable bonds is 5. The normalized spacial score (nSPS) is 11.4. The predicted molar refractivity (Wildman–Crippen MR) is 67.9 cm³/mol. The fraction of sp³-hybridized carbons (Fsp3) is 0.385. The Hall–Kier alpha value is -2.04. The molecule has 0 aliphatic rings. The molecule has 2 N–H and O–H groups in total. The van der Waals surface area contributed by atoms with Crippen LogP contribution in [0.25, 0.3) is 0 Å². The van der Waals surface area contributed by atoms with Gasteiger partial charge in [-0.05, 0) is 19.4 Å². The Balaban J connectivity index is 2.31. The monoisotopic (exact) mass is 250 g/mol. The Labute approximate surface area is 107 Å². The van der Waals surface area contributed by atoms with Gasteiger partial charge >= 0.3 is 6.09 Å². The standard InChI is InChI=1S/C13H18N2O3/c1-3-14-12(16)10(2)15-13(17)18-9-11-7-5-4-6-8-11/h4-8,10H,3,9H2,1-2H3,(H,14,16)(H,15,17)/t10-/m0/s1. The summed E-state index contributed by atoms with van der Waals surface area (Å²) < 4.78 is 5.00. The fourth-order valence-electron chi connectivity index (χ4n) is 1.33. The maximum absolute atomic E-state index is 11.4. The van der Waals surface area contributed by atoms with Crippen LogP contribution in [0.5, 0.6) is 0 Å². The number of nitrogens with one attached hydrogen (secondary N) is 2. The van der Waals surface area contributed by atoms with Crippen molar-refractivity contribution in [3.05, 3.63) is 35.9 Å². The number of hydrogen-bond donors (Lipinski definition) is 2. The van der Waals surface area contributed by atoms with Crippen LogP contribution in [-0.2, 0) is 16.1 Å². The molecule has 1 rings (SSSR count). The van der Waals surface area contributed by atoms with E-state index in [0.717, 1.165) is 5.56 Å². The van der Waals surface area contributed by atoms with E-state index in [1.807, 2.05) is 37.3 Å². The first kappa shape index (κ1) is 14.0. The number of likely N-dealkylation sites (N-methyl/N-ethyl adjacent to an activating group) is 1. The van der Waals surface area contributed by atoms with Crippen molar-refractivity contribution in [1.82, 2.24) is 10.6 Å². The summed E-state index contributed by atoms with van der Waals surface area (Å²) in [6.07, 6.45) is -0.599. The second kappa shape index (κ2) is 7.32. The van der Waals surface area contributed by atoms with E-state index < -0.39 is 12.1 Å². The molecule has 1 atom stereocenters. The van der Waals surface area contributed by atoms with E-state index in [2.05, 4.69) is 10.6 Å². The zero-order valence-electron chi connectivity index (χ0n) is 10.6. The summed E-state index contributed by atoms with van der Waals surface area (Å²) in [6.45, 7) is 4.14. The summed E-state index contributed by atoms with van der Waals surface area (Å²) in [5.74, 6) is -0.228. The molecular formula is C13H18N2O3. The number of carbonyl (C=O) groups is 2. The minimum Gasteiger partial charge on any atom is -0.445 e. The lowest BCUT2D eigenvalue weighted by Gasteiger charge is -2.13. The first-order chi connectivity index (χ1) is 8.63. The largest absolute Gasteiger partial charge is 0.445 e. The highest BCUT2D eigenvalue weighted by Gasteiger charge is 2.15. The Morgan fingerprint density at radius 3 is 2.56 bits per heavy atom. The molecule has 0 aliphatic heterocycles. The molecule has 0 saturated heterocycles. The molecule has 5 nitrogen and oxygen atoms in total. The predicted octanol–water partition coefficient (Wildman–Crippen LogP) is 1.44. The van der Waals surface area contributed by atoms with Crippen LogP contribution in [0, 0.1) is 0 Å². The SMILES string of the molecule is CCNC(=O)[C@H](C)NC(=O)OCc1ccccc1. The second-order valence-electron chi connectivity index (χ2n) is 3.82. The highest BCUT2D eigenvalue weighted by Crippen LogP contribution is 2.00. The van der Waals surface area contributed by atoms with E-state index in [9.17, 15) is 9.59 Å². The van der Waals surface area contributed by atoms with Crippen molar-refractivity contribution >= 4 is 12.0 Å². The van der Waals surface area contributed by atoms with Gasteiger partial charge in [0.25, 0.3) is 0 Å². The van der Waals surface area contributed by atoms with Gasteiger partial charge in [0.1, 0.15) is 12.6 Å². The lowest BCUT2D eigenvalue weighted by Crippen LogP contribution is -2.44. The van der Waals surface area contributed by atoms with Gasteiger partial charge in [-0.2, -0.15) is 0 Å². The molecule has 0 fully saturated rings. The highest BCUT2D eigenvalue weighted by atomic mass is 16.5. The van der Waals surface area contributed by atoms with Gasteiger partial charge in [-0.25, -0.2) is 4.79 Å². The summed E-state index contributed by atoms with van der Waals surface area (Å²) in [7, 11) is 0. The minimum atomic E-state index is -0.603. The number of carbonyl (C=O) groups excluding carboxylic acids is 2. The zero-order chi connectivity index (χ0) is 13.4. The summed E-state index contributed by atoms with van der Waals surface area (Å²) in [6, 6.07) is 8.75. The van der Waals surface area contributed by atoms with E-state index in [1.54, 1.807) is 6.92 Å². The van der Waals surface area contributed by atoms with Crippen LogP contribution in [0.3, 0.4) is 0 Å². The van der Waals surface area contributed by atoms with Crippen LogP contribution in [-0.4, -0.2) is 24.6 Å². The Kier molecular flexibility index (Phi) is 5.70. The number of benzene rings is 1. The number of amides is 2. The van der Waals surface area contributed by atoms with E-state index in [4.69, 9.17) is 4.74 Å². The molecule has 5 heteroatoms. The third-order valence-electron chi connectivity index (χ3n) is 2.29. The fourth-order valence-corrected chi connectivity index (χ4v) is 1.33. The van der Waals surface area contributed by atoms with E-state index in [0.29, 0.717) is 6.54 Å². The molecule has 0 heterocycles. The highest BCUT2D eigenvalue weighted by molar-refractivity contribution is 5.85. The van der Waals surface area contributed by atoms with E-state index in [1.165, 1.54) is 0 Å². The van der Waals surface area contributed by atoms with Gasteiger partial charge in [0.15, 0.2) is 0 Å². The van der Waals surface area contributed by atoms with Crippen LogP contribution < -0.4 is 10.6 Å². The van der Waals surface area contributed by atoms with Crippen LogP contribution >= 0.6 is 0 Å². The third kappa shape index (κ3) is 4.86. The van der Waals surface area contributed by atoms with Gasteiger partial charge in [-0.15, -0.1) is 0 Å². The first-order valence-electron chi connectivity index (χ1n) is 5.88. The molecule has 0 saturated carbocycles. The van der Waals surface area contributed by atoms with Gasteiger partial charge in [0.05, 0.1) is 0 Å². The van der Waals surface area contributed by atoms with Crippen molar-refractivity contribution in [2.75, 3.05) is 6.54 Å². The smallest absolute Gasteiger partial charge is 0.408 e. The maximum atomic E-state index is 11.4. The van der Waals surface area contributed by atoms with Gasteiger partial charge in [-0.1, -0.05) is 30.3 Å². The van der Waals surface area contributed by atoms with Crippen LogP contribution in [0.1, 0.15) is 19.4 Å². The average molecular weight is 250 g/mol. The number of hydrogen-bond acceptors (Lipinski definition) is 3. The van der Waals surface area contributed by atoms with E-state index in [-0.39, 0.29) is 12.5 Å². The molecule has 98 valence electrons. The molecule has 18 heavy (non-hydrogen) atoms. The van der Waals surface area contributed by atoms with Gasteiger partial charge < -0.3 is 15.4 Å². The van der Waals surface area contributed by atoms with Gasteiger partial charge in [0, 0.05) is 6.54 Å². The van der Waals surface area contributed by atoms with Gasteiger partial charge in [0.2, 0.25) is 5.91 Å². The Morgan fingerprint density at radius 2 is 1.94 bits per heavy atom. The summed E-state index contributed by atoms with van der Waals surface area (Å²) >= 11 is 0. The molecular weight excluding hydrogens is 232 g/mol. The molecule has 2 amide bonds. The van der Waals surface area contributed by atoms with Crippen LogP contribution in [0.2, 0.25) is 0 Å². The summed E-state index contributed by atoms with van der Waals surface area (Å²) in [4.78, 5) is 22.8. The lowest BCUT2D eigenvalue weighted by atomic mass is 10.2. The topological polar surface area (TPSA) is 67.4 Å². The molecule has 0 aromatic heterocycles. The van der Waals surface area contributed by atoms with Crippen molar-refractivity contribution < 1.29 is 14.3 Å². The van der Waals surface area contributed by atoms with Crippen molar-refractivity contribution in [3.63, 3.8) is 0 Å². The molecule has 0 bridgehead atoms. The van der Waals surface area contributed by atoms with Crippen molar-refractivity contribution in [2.45, 2.75) is 26.5 Å². The molecule has 1 aromatic rings. The molecule has 0 aliphatic carbocycles. The van der Waals surface area contributed by atoms with Gasteiger partial charge in [-0.3, -0.25) is 4.79 Å². The summed E-state index contributed by atoms with van der Waals surface area (Å²) in [5, 5.41) is 5.08. The number of alkyl carbamates (subject to hydrolysis) is 1. The minimum absolute atomic E-state index is 0.189. The average Bonchev–Trinajstić information content (AvgIpc) is 2.38. The second-order valence-corrected chi connectivity index (χ2v) is 3.82. The van der Waals surface area contributed by atoms with Crippen LogP contribution in [0.15, 0.2) is 30.3 Å². The first-order valence-corrected chi connectivity index (χ1v) is 5.88. The third-order valence-corrected chi connectivity index (χ3v) is 2.29. The zero-order valence-corrected chi connectivity index (χ0v) is 10.6. The van der Waals surface area contributed by atoms with Crippen molar-refractivity contribution in [3.8, 4) is 0 Å². The number of ether oxygens (including phenoxy) is 1. The molecule has 0 radical (unpaired) electrons. The Bertz CT molecular complexity index is 392. The molecule has 1 aromatic carbocycles. The Morgan fingerprint density at radius 1 is 1.28 bits per heavy atom. The van der Waals surface area contributed by atoms with Crippen molar-refractivity contribution in [1.29, 1.82) is 0 Å². The molecule has 0 spiro atoms. The van der Waals surface area contributed by atoms with E-state index >= 15 is 0 Å².